The molecule has 6 rings (SSSR count). The number of nitriles is 1. The Labute approximate surface area is 226 Å². The molecule has 0 bridgehead atoms. The van der Waals surface area contributed by atoms with Crippen LogP contribution in [0.1, 0.15) is 18.4 Å². The largest absolute Gasteiger partial charge is 0.356 e. The van der Waals surface area contributed by atoms with Gasteiger partial charge in [0.1, 0.15) is 23.0 Å². The van der Waals surface area contributed by atoms with E-state index < -0.39 is 9.73 Å². The average Bonchev–Trinajstić information content (AvgIpc) is 3.59. The highest BCUT2D eigenvalue weighted by molar-refractivity contribution is 7.93. The summed E-state index contributed by atoms with van der Waals surface area (Å²) in [6, 6.07) is 15.7. The Bertz CT molecular complexity index is 1800. The number of fused-ring (bicyclic) bond motifs is 1. The maximum absolute atomic E-state index is 13.2. The van der Waals surface area contributed by atoms with Gasteiger partial charge in [-0.15, -0.1) is 0 Å². The van der Waals surface area contributed by atoms with Gasteiger partial charge in [0, 0.05) is 54.8 Å². The molecule has 10 nitrogen and oxygen atoms in total. The van der Waals surface area contributed by atoms with Gasteiger partial charge in [0.2, 0.25) is 0 Å². The third-order valence-electron chi connectivity index (χ3n) is 6.96. The van der Waals surface area contributed by atoms with E-state index in [9.17, 15) is 9.47 Å². The van der Waals surface area contributed by atoms with Crippen molar-refractivity contribution in [2.45, 2.75) is 23.8 Å². The van der Waals surface area contributed by atoms with Crippen molar-refractivity contribution < 1.29 is 4.21 Å². The maximum Gasteiger partial charge on any atom is 0.128 e. The van der Waals surface area contributed by atoms with Gasteiger partial charge in [0.15, 0.2) is 0 Å². The van der Waals surface area contributed by atoms with Crippen LogP contribution in [0, 0.1) is 11.3 Å². The smallest absolute Gasteiger partial charge is 0.128 e. The van der Waals surface area contributed by atoms with Gasteiger partial charge >= 0.3 is 0 Å². The number of rotatable bonds is 5. The lowest BCUT2D eigenvalue weighted by atomic mass is 10.1. The molecule has 0 N–H and O–H groups in total. The van der Waals surface area contributed by atoms with Gasteiger partial charge in [-0.3, -0.25) is 4.68 Å². The highest BCUT2D eigenvalue weighted by Gasteiger charge is 2.22. The molecule has 0 aliphatic carbocycles. The molecule has 0 spiro atoms. The molecule has 1 fully saturated rings. The number of hydrogen-bond donors (Lipinski definition) is 0. The second-order valence-electron chi connectivity index (χ2n) is 9.68. The second kappa shape index (κ2) is 9.96. The first-order chi connectivity index (χ1) is 18.9. The van der Waals surface area contributed by atoms with Crippen molar-refractivity contribution in [2.75, 3.05) is 24.2 Å². The van der Waals surface area contributed by atoms with Crippen molar-refractivity contribution in [3.63, 3.8) is 0 Å². The fourth-order valence-corrected chi connectivity index (χ4v) is 6.49. The van der Waals surface area contributed by atoms with Gasteiger partial charge in [0.05, 0.1) is 45.7 Å². The molecule has 1 aromatic carbocycles. The number of anilines is 1. The minimum atomic E-state index is -2.42. The Kier molecular flexibility index (Phi) is 6.32. The van der Waals surface area contributed by atoms with Crippen molar-refractivity contribution in [3.05, 3.63) is 79.0 Å². The molecular weight excluding hydrogens is 510 g/mol. The summed E-state index contributed by atoms with van der Waals surface area (Å²) in [5.41, 5.74) is 4.09. The summed E-state index contributed by atoms with van der Waals surface area (Å²) in [5.74, 6) is 0.867. The fraction of sp³-hybridized carbons (Fsp3) is 0.250. The van der Waals surface area contributed by atoms with Gasteiger partial charge in [0.25, 0.3) is 0 Å². The number of aromatic nitrogens is 6. The van der Waals surface area contributed by atoms with Crippen LogP contribution in [-0.2, 0) is 16.8 Å². The molecule has 39 heavy (non-hydrogen) atoms. The van der Waals surface area contributed by atoms with E-state index in [1.807, 2.05) is 55.7 Å². The molecule has 1 aliphatic heterocycles. The Morgan fingerprint density at radius 3 is 2.46 bits per heavy atom. The summed E-state index contributed by atoms with van der Waals surface area (Å²) in [7, 11) is -0.566. The van der Waals surface area contributed by atoms with Crippen molar-refractivity contribution in [2.24, 2.45) is 11.4 Å². The Hall–Kier alpha value is -4.56. The number of benzene rings is 1. The normalized spacial score (nSPS) is 15.7. The number of nitrogens with zero attached hydrogens (tertiary/aromatic N) is 9. The second-order valence-corrected chi connectivity index (χ2v) is 12.0. The van der Waals surface area contributed by atoms with Crippen LogP contribution in [0.5, 0.6) is 0 Å². The zero-order chi connectivity index (χ0) is 27.0. The summed E-state index contributed by atoms with van der Waals surface area (Å²) in [5, 5.41) is 18.3. The first kappa shape index (κ1) is 24.8. The summed E-state index contributed by atoms with van der Waals surface area (Å²) in [6.07, 6.45) is 12.2. The van der Waals surface area contributed by atoms with Crippen LogP contribution in [0.15, 0.2) is 82.7 Å². The maximum atomic E-state index is 13.2. The Morgan fingerprint density at radius 2 is 1.79 bits per heavy atom. The van der Waals surface area contributed by atoms with Crippen LogP contribution in [-0.4, -0.2) is 59.0 Å². The molecule has 0 saturated carbocycles. The van der Waals surface area contributed by atoms with E-state index in [1.165, 1.54) is 0 Å². The highest BCUT2D eigenvalue weighted by Crippen LogP contribution is 2.30. The number of hydrogen-bond acceptors (Lipinski definition) is 8. The fourth-order valence-electron chi connectivity index (χ4n) is 4.92. The van der Waals surface area contributed by atoms with Crippen LogP contribution >= 0.6 is 0 Å². The van der Waals surface area contributed by atoms with Crippen molar-refractivity contribution >= 4 is 21.1 Å². The summed E-state index contributed by atoms with van der Waals surface area (Å²) >= 11 is 0. The molecule has 196 valence electrons. The van der Waals surface area contributed by atoms with Gasteiger partial charge in [-0.1, -0.05) is 18.2 Å². The topological polar surface area (TPSA) is 117 Å². The lowest BCUT2D eigenvalue weighted by molar-refractivity contribution is 0.502. The number of aryl methyl sites for hydroxylation is 1. The molecular formula is C28H27N9OS. The zero-order valence-electron chi connectivity index (χ0n) is 21.7. The van der Waals surface area contributed by atoms with Crippen LogP contribution < -0.4 is 4.90 Å². The van der Waals surface area contributed by atoms with Crippen LogP contribution in [0.2, 0.25) is 0 Å². The van der Waals surface area contributed by atoms with Gasteiger partial charge < -0.3 is 4.90 Å². The summed E-state index contributed by atoms with van der Waals surface area (Å²) in [6.45, 7) is 1.57. The lowest BCUT2D eigenvalue weighted by Gasteiger charge is -2.31. The van der Waals surface area contributed by atoms with Crippen molar-refractivity contribution in [3.8, 4) is 28.6 Å². The van der Waals surface area contributed by atoms with E-state index in [0.29, 0.717) is 22.5 Å². The van der Waals surface area contributed by atoms with Crippen LogP contribution in [0.4, 0.5) is 5.82 Å². The van der Waals surface area contributed by atoms with Gasteiger partial charge in [-0.2, -0.15) is 15.5 Å². The molecule has 5 heterocycles. The molecule has 1 saturated heterocycles. The minimum absolute atomic E-state index is 0.0530. The molecule has 0 radical (unpaired) electrons. The van der Waals surface area contributed by atoms with E-state index in [0.717, 1.165) is 47.8 Å². The highest BCUT2D eigenvalue weighted by atomic mass is 32.2. The molecule has 0 amide bonds. The minimum Gasteiger partial charge on any atom is -0.356 e. The van der Waals surface area contributed by atoms with Crippen molar-refractivity contribution in [1.82, 2.24) is 29.4 Å². The average molecular weight is 538 g/mol. The molecule has 11 heteroatoms. The number of piperidine rings is 1. The van der Waals surface area contributed by atoms with E-state index in [4.69, 9.17) is 14.3 Å². The Morgan fingerprint density at radius 1 is 1.00 bits per heavy atom. The quantitative estimate of drug-likeness (QED) is 0.330. The third kappa shape index (κ3) is 4.86. The molecule has 1 atom stereocenters. The SMILES string of the molecule is Cn1cc(-c2cn3ncc(C#N)c3c(-c3ccc(N4CCC(N=[S@](C)(=O)c5ccccc5)CC4)nc3)n2)cn1. The monoisotopic (exact) mass is 537 g/mol. The number of pyridine rings is 1. The zero-order valence-corrected chi connectivity index (χ0v) is 22.5. The van der Waals surface area contributed by atoms with Crippen LogP contribution in [0.25, 0.3) is 28.0 Å². The molecule has 0 unspecified atom stereocenters. The van der Waals surface area contributed by atoms with E-state index >= 15 is 0 Å². The first-order valence-electron chi connectivity index (χ1n) is 12.7. The first-order valence-corrected chi connectivity index (χ1v) is 14.6. The van der Waals surface area contributed by atoms with Crippen molar-refractivity contribution in [1.29, 1.82) is 5.26 Å². The predicted octanol–water partition coefficient (Wildman–Crippen LogP) is 4.19. The van der Waals surface area contributed by atoms with E-state index in [-0.39, 0.29) is 6.04 Å². The summed E-state index contributed by atoms with van der Waals surface area (Å²) in [4.78, 5) is 12.6. The van der Waals surface area contributed by atoms with Gasteiger partial charge in [-0.25, -0.2) is 23.1 Å². The summed E-state index contributed by atoms with van der Waals surface area (Å²) < 4.78 is 21.3. The predicted molar refractivity (Wildman–Crippen MR) is 150 cm³/mol. The van der Waals surface area contributed by atoms with Gasteiger partial charge in [-0.05, 0) is 37.1 Å². The lowest BCUT2D eigenvalue weighted by Crippen LogP contribution is -2.36. The molecule has 5 aromatic rings. The van der Waals surface area contributed by atoms with Crippen LogP contribution in [0.3, 0.4) is 0 Å². The Balaban J connectivity index is 1.24. The standard InChI is InChI=1S/C28H27N9OS/c1-35-18-22(17-31-35)25-19-37-28(21(14-29)16-32-37)27(33-25)20-8-9-26(30-15-20)36-12-10-23(11-13-36)34-39(2,38)24-6-4-3-5-7-24/h3-9,15-19,23H,10-13H2,1-2H3/t39-/m1/s1. The third-order valence-corrected chi connectivity index (χ3v) is 8.81. The molecule has 1 aliphatic rings. The molecule has 4 aromatic heterocycles. The van der Waals surface area contributed by atoms with E-state index in [1.54, 1.807) is 40.2 Å². The van der Waals surface area contributed by atoms with E-state index in [2.05, 4.69) is 21.2 Å².